The Kier molecular flexibility index (Phi) is 5.02. The summed E-state index contributed by atoms with van der Waals surface area (Å²) in [4.78, 5) is 14.3. The highest BCUT2D eigenvalue weighted by Crippen LogP contribution is 2.37. The average molecular weight is 440 g/mol. The van der Waals surface area contributed by atoms with Crippen molar-refractivity contribution >= 4 is 52.2 Å². The lowest BCUT2D eigenvalue weighted by Crippen LogP contribution is -2.40. The van der Waals surface area contributed by atoms with Crippen molar-refractivity contribution in [2.45, 2.75) is 45.5 Å². The van der Waals surface area contributed by atoms with E-state index in [0.29, 0.717) is 12.4 Å². The number of imidazole rings is 1. The Morgan fingerprint density at radius 3 is 2.72 bits per heavy atom. The second-order valence-corrected chi connectivity index (χ2v) is 14.1. The van der Waals surface area contributed by atoms with Gasteiger partial charge < -0.3 is 9.74 Å². The second-order valence-electron chi connectivity index (χ2n) is 7.36. The second kappa shape index (κ2) is 6.79. The van der Waals surface area contributed by atoms with Crippen LogP contribution < -0.4 is 5.32 Å². The van der Waals surface area contributed by atoms with Crippen LogP contribution in [0.5, 0.6) is 0 Å². The summed E-state index contributed by atoms with van der Waals surface area (Å²) in [6, 6.07) is 0. The maximum absolute atomic E-state index is 6.26. The molecule has 0 saturated heterocycles. The van der Waals surface area contributed by atoms with Gasteiger partial charge in [0.25, 0.3) is 0 Å². The van der Waals surface area contributed by atoms with Crippen LogP contribution in [-0.2, 0) is 11.0 Å². The lowest BCUT2D eigenvalue weighted by atomic mass is 10.2. The summed E-state index contributed by atoms with van der Waals surface area (Å²) in [6.07, 6.45) is 7.23. The number of nitrogens with zero attached hydrogens (tertiary/aromatic N) is 4. The number of rotatable bonds is 5. The number of fused-ring (bicyclic) bond motifs is 1. The van der Waals surface area contributed by atoms with Crippen molar-refractivity contribution in [3.63, 3.8) is 0 Å². The molecule has 0 spiro atoms. The molecule has 0 radical (unpaired) electrons. The normalized spacial score (nSPS) is 12.7. The van der Waals surface area contributed by atoms with E-state index in [1.54, 1.807) is 23.7 Å². The van der Waals surface area contributed by atoms with Gasteiger partial charge in [0.05, 0.1) is 17.7 Å². The fraction of sp³-hybridized carbons (Fsp3) is 0.438. The largest absolute Gasteiger partial charge is 0.412 e. The summed E-state index contributed by atoms with van der Waals surface area (Å²) in [5.41, 5.74) is 0.753. The molecule has 134 valence electrons. The Balaban J connectivity index is 1.72. The molecule has 1 N–H and O–H groups in total. The Labute approximate surface area is 160 Å². The molecule has 0 bridgehead atoms. The van der Waals surface area contributed by atoms with Gasteiger partial charge in [-0.15, -0.1) is 0 Å². The number of anilines is 2. The zero-order valence-corrected chi connectivity index (χ0v) is 18.4. The van der Waals surface area contributed by atoms with Gasteiger partial charge in [0.15, 0.2) is 24.9 Å². The molecule has 0 aromatic carbocycles. The van der Waals surface area contributed by atoms with Crippen molar-refractivity contribution < 1.29 is 4.43 Å². The van der Waals surface area contributed by atoms with Crippen LogP contribution in [0.15, 0.2) is 29.4 Å². The summed E-state index contributed by atoms with van der Waals surface area (Å²) < 4.78 is 9.04. The van der Waals surface area contributed by atoms with Crippen LogP contribution in [0, 0.1) is 0 Å². The van der Waals surface area contributed by atoms with Crippen LogP contribution in [0.25, 0.3) is 5.65 Å². The van der Waals surface area contributed by atoms with Gasteiger partial charge in [-0.1, -0.05) is 32.1 Å². The smallest absolute Gasteiger partial charge is 0.192 e. The van der Waals surface area contributed by atoms with E-state index in [0.717, 1.165) is 20.3 Å². The standard InChI is InChI=1S/C16H22BrN5OSSi/c1-16(2,3)25(4,5)23-10-11-8-20-15(24-11)21-13-14-18-6-7-22(14)12(17)9-19-13/h6-9H,10H2,1-5H3,(H,19,20,21). The molecular weight excluding hydrogens is 418 g/mol. The van der Waals surface area contributed by atoms with Gasteiger partial charge in [-0.2, -0.15) is 0 Å². The molecule has 0 atom stereocenters. The van der Waals surface area contributed by atoms with Crippen LogP contribution in [0.4, 0.5) is 10.9 Å². The van der Waals surface area contributed by atoms with Crippen molar-refractivity contribution in [1.29, 1.82) is 0 Å². The number of hydrogen-bond acceptors (Lipinski definition) is 6. The van der Waals surface area contributed by atoms with E-state index in [9.17, 15) is 0 Å². The van der Waals surface area contributed by atoms with Gasteiger partial charge in [0.2, 0.25) is 0 Å². The zero-order chi connectivity index (χ0) is 18.2. The molecule has 9 heteroatoms. The molecule has 0 aliphatic heterocycles. The molecule has 0 amide bonds. The molecule has 0 unspecified atom stereocenters. The summed E-state index contributed by atoms with van der Waals surface area (Å²) in [6.45, 7) is 11.8. The van der Waals surface area contributed by atoms with Gasteiger partial charge in [-0.3, -0.25) is 4.40 Å². The average Bonchev–Trinajstić information content (AvgIpc) is 3.17. The quantitative estimate of drug-likeness (QED) is 0.552. The number of aromatic nitrogens is 4. The highest BCUT2D eigenvalue weighted by atomic mass is 79.9. The lowest BCUT2D eigenvalue weighted by Gasteiger charge is -2.35. The molecule has 3 aromatic heterocycles. The van der Waals surface area contributed by atoms with Gasteiger partial charge in [0.1, 0.15) is 4.60 Å². The molecule has 0 fully saturated rings. The Morgan fingerprint density at radius 2 is 2.00 bits per heavy atom. The van der Waals surface area contributed by atoms with Crippen LogP contribution in [0.1, 0.15) is 25.6 Å². The third-order valence-electron chi connectivity index (χ3n) is 4.54. The Bertz CT molecular complexity index is 886. The maximum Gasteiger partial charge on any atom is 0.192 e. The zero-order valence-electron chi connectivity index (χ0n) is 15.0. The first kappa shape index (κ1) is 18.5. The van der Waals surface area contributed by atoms with Gasteiger partial charge >= 0.3 is 0 Å². The molecule has 0 aliphatic rings. The van der Waals surface area contributed by atoms with Crippen LogP contribution in [-0.4, -0.2) is 27.7 Å². The van der Waals surface area contributed by atoms with E-state index in [1.807, 2.05) is 16.8 Å². The van der Waals surface area contributed by atoms with Crippen molar-refractivity contribution in [1.82, 2.24) is 19.4 Å². The van der Waals surface area contributed by atoms with E-state index >= 15 is 0 Å². The number of hydrogen-bond donors (Lipinski definition) is 1. The number of halogens is 1. The Morgan fingerprint density at radius 1 is 1.24 bits per heavy atom. The van der Waals surface area contributed by atoms with Crippen molar-refractivity contribution in [2.24, 2.45) is 0 Å². The molecule has 3 heterocycles. The minimum absolute atomic E-state index is 0.201. The number of thiazole rings is 1. The molecule has 0 saturated carbocycles. The third-order valence-corrected chi connectivity index (χ3v) is 10.5. The van der Waals surface area contributed by atoms with E-state index < -0.39 is 8.32 Å². The van der Waals surface area contributed by atoms with Crippen LogP contribution in [0.3, 0.4) is 0 Å². The fourth-order valence-electron chi connectivity index (χ4n) is 1.98. The minimum Gasteiger partial charge on any atom is -0.412 e. The monoisotopic (exact) mass is 439 g/mol. The van der Waals surface area contributed by atoms with Gasteiger partial charge in [-0.25, -0.2) is 15.0 Å². The molecule has 0 aliphatic carbocycles. The van der Waals surface area contributed by atoms with Crippen molar-refractivity contribution in [3.8, 4) is 0 Å². The highest BCUT2D eigenvalue weighted by molar-refractivity contribution is 9.10. The summed E-state index contributed by atoms with van der Waals surface area (Å²) in [7, 11) is -1.76. The molecule has 6 nitrogen and oxygen atoms in total. The van der Waals surface area contributed by atoms with E-state index in [-0.39, 0.29) is 5.04 Å². The summed E-state index contributed by atoms with van der Waals surface area (Å²) >= 11 is 5.04. The first-order valence-corrected chi connectivity index (χ1v) is 12.5. The van der Waals surface area contributed by atoms with E-state index in [2.05, 4.69) is 70.1 Å². The number of nitrogens with one attached hydrogen (secondary N) is 1. The van der Waals surface area contributed by atoms with Crippen LogP contribution >= 0.6 is 27.3 Å². The third kappa shape index (κ3) is 3.94. The van der Waals surface area contributed by atoms with E-state index in [1.165, 1.54) is 0 Å². The summed E-state index contributed by atoms with van der Waals surface area (Å²) in [5.74, 6) is 0.680. The van der Waals surface area contributed by atoms with Crippen LogP contribution in [0.2, 0.25) is 18.1 Å². The first-order chi connectivity index (χ1) is 11.7. The van der Waals surface area contributed by atoms with Gasteiger partial charge in [-0.05, 0) is 34.1 Å². The lowest BCUT2D eigenvalue weighted by molar-refractivity contribution is 0.279. The Hall–Kier alpha value is -1.29. The highest BCUT2D eigenvalue weighted by Gasteiger charge is 2.37. The maximum atomic E-state index is 6.26. The van der Waals surface area contributed by atoms with Crippen molar-refractivity contribution in [2.75, 3.05) is 5.32 Å². The SMILES string of the molecule is CC(C)(C)[Si](C)(C)OCc1cnc(Nc2ncc(Br)n3ccnc23)s1. The predicted octanol–water partition coefficient (Wildman–Crippen LogP) is 5.21. The molecule has 25 heavy (non-hydrogen) atoms. The summed E-state index contributed by atoms with van der Waals surface area (Å²) in [5, 5.41) is 4.24. The predicted molar refractivity (Wildman–Crippen MR) is 108 cm³/mol. The molecular formula is C16H22BrN5OSSi. The molecule has 3 aromatic rings. The van der Waals surface area contributed by atoms with E-state index in [4.69, 9.17) is 4.43 Å². The topological polar surface area (TPSA) is 64.3 Å². The molecule has 3 rings (SSSR count). The van der Waals surface area contributed by atoms with Crippen molar-refractivity contribution in [3.05, 3.63) is 34.3 Å². The fourth-order valence-corrected chi connectivity index (χ4v) is 4.15. The minimum atomic E-state index is -1.76. The van der Waals surface area contributed by atoms with Gasteiger partial charge in [0, 0.05) is 18.6 Å². The first-order valence-electron chi connectivity index (χ1n) is 8.01.